The number of rotatable bonds is 8. The molecule has 1 aromatic heterocycles. The average molecular weight is 492 g/mol. The number of benzene rings is 2. The van der Waals surface area contributed by atoms with Crippen LogP contribution in [0.2, 0.25) is 0 Å². The molecule has 0 bridgehead atoms. The summed E-state index contributed by atoms with van der Waals surface area (Å²) < 4.78 is 14.8. The summed E-state index contributed by atoms with van der Waals surface area (Å²) in [4.78, 5) is 45.9. The number of nitrogens with zero attached hydrogens (tertiary/aromatic N) is 3. The van der Waals surface area contributed by atoms with Crippen molar-refractivity contribution in [3.8, 4) is 0 Å². The highest BCUT2D eigenvalue weighted by Crippen LogP contribution is 2.30. The number of aryl methyl sites for hydroxylation is 1. The summed E-state index contributed by atoms with van der Waals surface area (Å²) >= 11 is 0. The predicted octanol–water partition coefficient (Wildman–Crippen LogP) is 3.78. The van der Waals surface area contributed by atoms with Gasteiger partial charge >= 0.3 is 0 Å². The number of para-hydroxylation sites is 1. The number of carbonyl (C=O) groups excluding carboxylic acids is 3. The quantitative estimate of drug-likeness (QED) is 0.501. The van der Waals surface area contributed by atoms with Crippen molar-refractivity contribution in [2.24, 2.45) is 0 Å². The minimum Gasteiger partial charge on any atom is -0.350 e. The van der Waals surface area contributed by atoms with E-state index in [9.17, 15) is 18.8 Å². The van der Waals surface area contributed by atoms with Gasteiger partial charge in [-0.25, -0.2) is 9.37 Å². The molecule has 188 valence electrons. The van der Waals surface area contributed by atoms with E-state index in [0.29, 0.717) is 18.7 Å². The molecule has 3 amide bonds. The van der Waals surface area contributed by atoms with Gasteiger partial charge in [0, 0.05) is 18.8 Å². The number of halogens is 1. The molecule has 2 N–H and O–H groups in total. The fraction of sp³-hybridized carbons (Fsp3) is 0.333. The zero-order chi connectivity index (χ0) is 25.9. The smallest absolute Gasteiger partial charge is 0.276 e. The topological polar surface area (TPSA) is 96.3 Å². The van der Waals surface area contributed by atoms with E-state index in [2.05, 4.69) is 15.6 Å². The van der Waals surface area contributed by atoms with Crippen LogP contribution in [-0.4, -0.2) is 44.3 Å². The molecular weight excluding hydrogens is 461 g/mol. The molecule has 1 aliphatic heterocycles. The molecule has 4 rings (SSSR count). The van der Waals surface area contributed by atoms with E-state index in [1.807, 2.05) is 38.1 Å². The number of carbonyl (C=O) groups is 3. The van der Waals surface area contributed by atoms with Crippen molar-refractivity contribution >= 4 is 23.4 Å². The van der Waals surface area contributed by atoms with Crippen LogP contribution in [0.25, 0.3) is 0 Å². The first kappa shape index (κ1) is 25.1. The Morgan fingerprint density at radius 2 is 1.83 bits per heavy atom. The van der Waals surface area contributed by atoms with Crippen LogP contribution >= 0.6 is 0 Å². The molecule has 9 heteroatoms. The standard InChI is InChI=1S/C27H30FN5O3/c1-4-14-33-25(35)23-22(24(34)31-21-9-7-6-8-19(21)5-2)30-17-32(23)16-27(33,3)26(36)29-15-18-10-12-20(28)13-11-18/h6-13,17H,4-5,14-16H2,1-3H3,(H,29,36)(H,31,34). The molecule has 0 saturated heterocycles. The van der Waals surface area contributed by atoms with Gasteiger partial charge in [-0.15, -0.1) is 0 Å². The van der Waals surface area contributed by atoms with Crippen LogP contribution in [0.5, 0.6) is 0 Å². The highest BCUT2D eigenvalue weighted by atomic mass is 19.1. The SMILES string of the molecule is CCCN1C(=O)c2c(C(=O)Nc3ccccc3CC)ncn2CC1(C)C(=O)NCc1ccc(F)cc1. The first-order valence-electron chi connectivity index (χ1n) is 12.1. The fourth-order valence-electron chi connectivity index (χ4n) is 4.53. The summed E-state index contributed by atoms with van der Waals surface area (Å²) in [5.74, 6) is -1.58. The highest BCUT2D eigenvalue weighted by Gasteiger charge is 2.48. The van der Waals surface area contributed by atoms with E-state index >= 15 is 0 Å². The van der Waals surface area contributed by atoms with Crippen molar-refractivity contribution in [1.82, 2.24) is 19.8 Å². The summed E-state index contributed by atoms with van der Waals surface area (Å²) in [5.41, 5.74) is 1.39. The van der Waals surface area contributed by atoms with E-state index in [4.69, 9.17) is 0 Å². The second-order valence-electron chi connectivity index (χ2n) is 9.07. The van der Waals surface area contributed by atoms with Crippen LogP contribution in [0.15, 0.2) is 54.9 Å². The second kappa shape index (κ2) is 10.3. The van der Waals surface area contributed by atoms with E-state index < -0.39 is 17.4 Å². The molecule has 0 spiro atoms. The summed E-state index contributed by atoms with van der Waals surface area (Å²) in [6, 6.07) is 13.4. The van der Waals surface area contributed by atoms with Crippen LogP contribution < -0.4 is 10.6 Å². The number of hydrogen-bond donors (Lipinski definition) is 2. The lowest BCUT2D eigenvalue weighted by molar-refractivity contribution is -0.133. The minimum absolute atomic E-state index is 0.0285. The lowest BCUT2D eigenvalue weighted by atomic mass is 9.93. The van der Waals surface area contributed by atoms with Gasteiger partial charge in [0.25, 0.3) is 11.8 Å². The third-order valence-corrected chi connectivity index (χ3v) is 6.52. The number of aromatic nitrogens is 2. The Labute approximate surface area is 209 Å². The average Bonchev–Trinajstić information content (AvgIpc) is 3.30. The molecule has 1 atom stereocenters. The molecule has 1 aliphatic rings. The van der Waals surface area contributed by atoms with Crippen molar-refractivity contribution in [2.75, 3.05) is 11.9 Å². The van der Waals surface area contributed by atoms with Gasteiger partial charge in [-0.1, -0.05) is 44.2 Å². The van der Waals surface area contributed by atoms with Crippen LogP contribution in [0.1, 0.15) is 59.3 Å². The van der Waals surface area contributed by atoms with Crippen LogP contribution in [0.3, 0.4) is 0 Å². The molecule has 2 aromatic carbocycles. The molecule has 0 saturated carbocycles. The summed E-state index contributed by atoms with van der Waals surface area (Å²) in [6.07, 6.45) is 2.81. The van der Waals surface area contributed by atoms with Gasteiger partial charge in [0.05, 0.1) is 12.9 Å². The van der Waals surface area contributed by atoms with Gasteiger partial charge in [0.2, 0.25) is 5.91 Å². The Hall–Kier alpha value is -4.01. The lowest BCUT2D eigenvalue weighted by Crippen LogP contribution is -2.64. The van der Waals surface area contributed by atoms with Crippen LogP contribution in [0.4, 0.5) is 10.1 Å². The van der Waals surface area contributed by atoms with E-state index in [1.54, 1.807) is 23.6 Å². The zero-order valence-electron chi connectivity index (χ0n) is 20.7. The molecule has 0 radical (unpaired) electrons. The molecule has 36 heavy (non-hydrogen) atoms. The van der Waals surface area contributed by atoms with Gasteiger partial charge in [-0.05, 0) is 49.1 Å². The van der Waals surface area contributed by atoms with Gasteiger partial charge in [-0.2, -0.15) is 0 Å². The summed E-state index contributed by atoms with van der Waals surface area (Å²) in [5, 5.41) is 5.75. The molecule has 0 fully saturated rings. The maximum absolute atomic E-state index is 13.7. The predicted molar refractivity (Wildman–Crippen MR) is 134 cm³/mol. The third kappa shape index (κ3) is 4.73. The Morgan fingerprint density at radius 1 is 1.11 bits per heavy atom. The van der Waals surface area contributed by atoms with Crippen molar-refractivity contribution in [3.63, 3.8) is 0 Å². The van der Waals surface area contributed by atoms with E-state index in [-0.39, 0.29) is 36.2 Å². The van der Waals surface area contributed by atoms with Gasteiger partial charge in [-0.3, -0.25) is 14.4 Å². The summed E-state index contributed by atoms with van der Waals surface area (Å²) in [6.45, 7) is 6.31. The number of imidazole rings is 1. The van der Waals surface area contributed by atoms with Crippen molar-refractivity contribution in [2.45, 2.75) is 52.2 Å². The first-order valence-corrected chi connectivity index (χ1v) is 12.1. The van der Waals surface area contributed by atoms with Gasteiger partial charge in [0.15, 0.2) is 5.69 Å². The largest absolute Gasteiger partial charge is 0.350 e. The minimum atomic E-state index is -1.19. The number of anilines is 1. The van der Waals surface area contributed by atoms with Gasteiger partial charge < -0.3 is 20.1 Å². The Morgan fingerprint density at radius 3 is 2.53 bits per heavy atom. The third-order valence-electron chi connectivity index (χ3n) is 6.52. The number of fused-ring (bicyclic) bond motifs is 1. The van der Waals surface area contributed by atoms with Gasteiger partial charge in [0.1, 0.15) is 17.1 Å². The number of hydrogen-bond acceptors (Lipinski definition) is 4. The zero-order valence-corrected chi connectivity index (χ0v) is 20.7. The Balaban J connectivity index is 1.59. The fourth-order valence-corrected chi connectivity index (χ4v) is 4.53. The van der Waals surface area contributed by atoms with Crippen molar-refractivity contribution in [3.05, 3.63) is 83.2 Å². The van der Waals surface area contributed by atoms with E-state index in [0.717, 1.165) is 17.5 Å². The molecule has 0 aliphatic carbocycles. The monoisotopic (exact) mass is 491 g/mol. The van der Waals surface area contributed by atoms with Crippen molar-refractivity contribution in [1.29, 1.82) is 0 Å². The number of nitrogens with one attached hydrogen (secondary N) is 2. The van der Waals surface area contributed by atoms with Crippen LogP contribution in [0, 0.1) is 5.82 Å². The molecule has 3 aromatic rings. The summed E-state index contributed by atoms with van der Waals surface area (Å²) in [7, 11) is 0. The van der Waals surface area contributed by atoms with Crippen LogP contribution in [-0.2, 0) is 24.3 Å². The first-order chi connectivity index (χ1) is 17.3. The highest BCUT2D eigenvalue weighted by molar-refractivity contribution is 6.11. The second-order valence-corrected chi connectivity index (χ2v) is 9.07. The maximum atomic E-state index is 13.7. The number of amides is 3. The molecule has 8 nitrogen and oxygen atoms in total. The van der Waals surface area contributed by atoms with E-state index in [1.165, 1.54) is 23.4 Å². The molecule has 2 heterocycles. The maximum Gasteiger partial charge on any atom is 0.276 e. The Kier molecular flexibility index (Phi) is 7.19. The Bertz CT molecular complexity index is 1290. The van der Waals surface area contributed by atoms with Crippen molar-refractivity contribution < 1.29 is 18.8 Å². The molecule has 1 unspecified atom stereocenters. The normalized spacial score (nSPS) is 17.0. The lowest BCUT2D eigenvalue weighted by Gasteiger charge is -2.43. The molecular formula is C27H30FN5O3.